The van der Waals surface area contributed by atoms with Crippen LogP contribution in [-0.4, -0.2) is 41.0 Å². The van der Waals surface area contributed by atoms with Gasteiger partial charge in [0.1, 0.15) is 5.78 Å². The van der Waals surface area contributed by atoms with E-state index in [4.69, 9.17) is 21.8 Å². The summed E-state index contributed by atoms with van der Waals surface area (Å²) in [6.07, 6.45) is 5.21. The summed E-state index contributed by atoms with van der Waals surface area (Å²) in [6.45, 7) is 2.78. The summed E-state index contributed by atoms with van der Waals surface area (Å²) in [7, 11) is 0. The summed E-state index contributed by atoms with van der Waals surface area (Å²) in [5, 5.41) is 23.6. The molecule has 1 aliphatic carbocycles. The summed E-state index contributed by atoms with van der Waals surface area (Å²) in [4.78, 5) is 31.1. The van der Waals surface area contributed by atoms with E-state index in [0.29, 0.717) is 18.1 Å². The van der Waals surface area contributed by atoms with Crippen LogP contribution < -0.4 is 10.6 Å². The highest BCUT2D eigenvalue weighted by molar-refractivity contribution is 6.33. The molecule has 7 nitrogen and oxygen atoms in total. The Hall–Kier alpha value is -2.90. The zero-order valence-corrected chi connectivity index (χ0v) is 20.6. The summed E-state index contributed by atoms with van der Waals surface area (Å²) in [6, 6.07) is 12.8. The average molecular weight is 501 g/mol. The number of nitrogens with one attached hydrogen (secondary N) is 2. The monoisotopic (exact) mass is 500 g/mol. The van der Waals surface area contributed by atoms with Gasteiger partial charge in [-0.25, -0.2) is 0 Å². The molecule has 0 bridgehead atoms. The number of carboxylic acids is 2. The molecule has 2 aliphatic rings. The van der Waals surface area contributed by atoms with E-state index in [1.807, 2.05) is 6.07 Å². The van der Waals surface area contributed by atoms with Crippen LogP contribution in [0.3, 0.4) is 0 Å². The highest BCUT2D eigenvalue weighted by Gasteiger charge is 2.28. The number of Topliss-reactive ketones (excluding diaryl/α,β-unsaturated/α-hetero) is 1. The van der Waals surface area contributed by atoms with Gasteiger partial charge in [-0.15, -0.1) is 0 Å². The van der Waals surface area contributed by atoms with Crippen LogP contribution in [0.25, 0.3) is 0 Å². The molecule has 4 rings (SSSR count). The number of carboxylic acid groups (broad SMARTS) is 2. The second-order valence-electron chi connectivity index (χ2n) is 9.01. The molecule has 35 heavy (non-hydrogen) atoms. The summed E-state index contributed by atoms with van der Waals surface area (Å²) < 4.78 is 0. The van der Waals surface area contributed by atoms with Gasteiger partial charge in [-0.1, -0.05) is 41.9 Å². The SMILES string of the molecule is O=C(CCc1ccc(CNc2c(Cl)ccc3c2CCNCC3)cc1)C1CC1.O=C(O)CCC(=O)O. The molecule has 0 radical (unpaired) electrons. The molecular formula is C27H33ClN2O5. The highest BCUT2D eigenvalue weighted by atomic mass is 35.5. The maximum absolute atomic E-state index is 11.9. The first-order chi connectivity index (χ1) is 16.8. The lowest BCUT2D eigenvalue weighted by atomic mass is 10.0. The van der Waals surface area contributed by atoms with Crippen molar-refractivity contribution in [2.45, 2.75) is 57.9 Å². The van der Waals surface area contributed by atoms with Crippen LogP contribution in [0.4, 0.5) is 5.69 Å². The van der Waals surface area contributed by atoms with Gasteiger partial charge >= 0.3 is 11.9 Å². The molecule has 0 saturated heterocycles. The standard InChI is InChI=1S/C23H27ClN2O.C4H6O4/c24-21-9-8-18-11-13-25-14-12-20(18)23(21)26-15-17-3-1-16(2-4-17)5-10-22(27)19-6-7-19;5-3(6)1-2-4(7)8/h1-4,8-9,19,25-26H,5-7,10-15H2;1-2H2,(H,5,6)(H,7,8). The van der Waals surface area contributed by atoms with Crippen LogP contribution in [0, 0.1) is 5.92 Å². The lowest BCUT2D eigenvalue weighted by Crippen LogP contribution is -2.16. The van der Waals surface area contributed by atoms with Crippen LogP contribution in [0.15, 0.2) is 36.4 Å². The number of halogens is 1. The van der Waals surface area contributed by atoms with Crippen LogP contribution in [0.1, 0.15) is 54.4 Å². The third-order valence-corrected chi connectivity index (χ3v) is 6.53. The number of hydrogen-bond acceptors (Lipinski definition) is 5. The van der Waals surface area contributed by atoms with Crippen LogP contribution in [0.5, 0.6) is 0 Å². The molecule has 1 aliphatic heterocycles. The Balaban J connectivity index is 0.000000371. The Morgan fingerprint density at radius 1 is 0.886 bits per heavy atom. The number of fused-ring (bicyclic) bond motifs is 1. The number of benzene rings is 2. The zero-order chi connectivity index (χ0) is 25.2. The topological polar surface area (TPSA) is 116 Å². The van der Waals surface area contributed by atoms with Gasteiger partial charge in [0, 0.05) is 18.9 Å². The molecule has 1 heterocycles. The fourth-order valence-corrected chi connectivity index (χ4v) is 4.28. The first-order valence-electron chi connectivity index (χ1n) is 12.1. The smallest absolute Gasteiger partial charge is 0.303 e. The zero-order valence-electron chi connectivity index (χ0n) is 19.8. The average Bonchev–Trinajstić information content (AvgIpc) is 3.69. The van der Waals surface area contributed by atoms with Gasteiger partial charge in [-0.3, -0.25) is 14.4 Å². The molecule has 0 aromatic heterocycles. The van der Waals surface area contributed by atoms with Gasteiger partial charge in [0.05, 0.1) is 23.6 Å². The van der Waals surface area contributed by atoms with Crippen molar-refractivity contribution in [3.05, 3.63) is 63.7 Å². The number of aliphatic carboxylic acids is 2. The van der Waals surface area contributed by atoms with Gasteiger partial charge < -0.3 is 20.8 Å². The van der Waals surface area contributed by atoms with E-state index >= 15 is 0 Å². The molecule has 2 aromatic carbocycles. The quantitative estimate of drug-likeness (QED) is 0.380. The molecule has 8 heteroatoms. The molecule has 0 spiro atoms. The minimum absolute atomic E-state index is 0.296. The van der Waals surface area contributed by atoms with Gasteiger partial charge in [-0.2, -0.15) is 0 Å². The molecule has 0 unspecified atom stereocenters. The van der Waals surface area contributed by atoms with E-state index in [1.165, 1.54) is 22.3 Å². The Morgan fingerprint density at radius 3 is 2.14 bits per heavy atom. The first-order valence-corrected chi connectivity index (χ1v) is 12.5. The number of ketones is 1. The van der Waals surface area contributed by atoms with Crippen molar-refractivity contribution in [2.24, 2.45) is 5.92 Å². The van der Waals surface area contributed by atoms with Crippen LogP contribution in [0.2, 0.25) is 5.02 Å². The van der Waals surface area contributed by atoms with E-state index in [-0.39, 0.29) is 12.8 Å². The Labute approximate surface area is 210 Å². The summed E-state index contributed by atoms with van der Waals surface area (Å²) in [5.74, 6) is -1.34. The number of hydrogen-bond donors (Lipinski definition) is 4. The van der Waals surface area contributed by atoms with Crippen molar-refractivity contribution in [3.8, 4) is 0 Å². The molecule has 0 amide bonds. The third kappa shape index (κ3) is 9.00. The van der Waals surface area contributed by atoms with Crippen molar-refractivity contribution in [3.63, 3.8) is 0 Å². The molecule has 188 valence electrons. The van der Waals surface area contributed by atoms with E-state index < -0.39 is 11.9 Å². The fourth-order valence-electron chi connectivity index (χ4n) is 4.04. The molecule has 2 aromatic rings. The predicted molar refractivity (Wildman–Crippen MR) is 136 cm³/mol. The van der Waals surface area contributed by atoms with E-state index in [1.54, 1.807) is 0 Å². The molecule has 0 atom stereocenters. The Bertz CT molecular complexity index is 1020. The van der Waals surface area contributed by atoms with Gasteiger partial charge in [-0.05, 0) is 73.5 Å². The Morgan fingerprint density at radius 2 is 1.51 bits per heavy atom. The van der Waals surface area contributed by atoms with E-state index in [0.717, 1.165) is 62.4 Å². The second-order valence-corrected chi connectivity index (χ2v) is 9.42. The van der Waals surface area contributed by atoms with E-state index in [9.17, 15) is 14.4 Å². The molecule has 1 fully saturated rings. The molecular weight excluding hydrogens is 468 g/mol. The van der Waals surface area contributed by atoms with Crippen LogP contribution >= 0.6 is 11.6 Å². The van der Waals surface area contributed by atoms with Gasteiger partial charge in [0.25, 0.3) is 0 Å². The number of carbonyl (C=O) groups excluding carboxylic acids is 1. The van der Waals surface area contributed by atoms with E-state index in [2.05, 4.69) is 41.0 Å². The highest BCUT2D eigenvalue weighted by Crippen LogP contribution is 2.32. The predicted octanol–water partition coefficient (Wildman–Crippen LogP) is 4.49. The van der Waals surface area contributed by atoms with Crippen molar-refractivity contribution in [1.82, 2.24) is 5.32 Å². The number of rotatable bonds is 10. The van der Waals surface area contributed by atoms with Crippen LogP contribution in [-0.2, 0) is 40.2 Å². The lowest BCUT2D eigenvalue weighted by molar-refractivity contribution is -0.143. The maximum atomic E-state index is 11.9. The number of aryl methyl sites for hydroxylation is 1. The molecule has 4 N–H and O–H groups in total. The largest absolute Gasteiger partial charge is 0.481 e. The van der Waals surface area contributed by atoms with Gasteiger partial charge in [0.2, 0.25) is 0 Å². The normalized spacial score (nSPS) is 14.7. The third-order valence-electron chi connectivity index (χ3n) is 6.22. The van der Waals surface area contributed by atoms with Crippen molar-refractivity contribution in [1.29, 1.82) is 0 Å². The first kappa shape index (κ1) is 26.7. The second kappa shape index (κ2) is 13.3. The van der Waals surface area contributed by atoms with Crippen molar-refractivity contribution in [2.75, 3.05) is 18.4 Å². The minimum atomic E-state index is -1.08. The maximum Gasteiger partial charge on any atom is 0.303 e. The van der Waals surface area contributed by atoms with Crippen molar-refractivity contribution < 1.29 is 24.6 Å². The van der Waals surface area contributed by atoms with Gasteiger partial charge in [0.15, 0.2) is 0 Å². The lowest BCUT2D eigenvalue weighted by Gasteiger charge is -2.16. The van der Waals surface area contributed by atoms with Crippen molar-refractivity contribution >= 4 is 35.0 Å². The minimum Gasteiger partial charge on any atom is -0.481 e. The Kier molecular flexibility index (Phi) is 10.1. The fraction of sp³-hybridized carbons (Fsp3) is 0.444. The summed E-state index contributed by atoms with van der Waals surface area (Å²) in [5.41, 5.74) is 6.29. The molecule has 1 saturated carbocycles. The number of carbonyl (C=O) groups is 3. The summed E-state index contributed by atoms with van der Waals surface area (Å²) >= 11 is 6.49. The number of anilines is 1.